The number of methoxy groups -OCH3 is 3. The Labute approximate surface area is 258 Å². The van der Waals surface area contributed by atoms with Crippen LogP contribution in [-0.2, 0) is 35.4 Å². The van der Waals surface area contributed by atoms with Crippen molar-refractivity contribution in [3.63, 3.8) is 0 Å². The van der Waals surface area contributed by atoms with Gasteiger partial charge >= 0.3 is 0 Å². The monoisotopic (exact) mass is 600 g/mol. The second-order valence-electron chi connectivity index (χ2n) is 10.1. The van der Waals surface area contributed by atoms with E-state index in [4.69, 9.17) is 25.8 Å². The molecule has 0 bridgehead atoms. The zero-order valence-corrected chi connectivity index (χ0v) is 25.5. The van der Waals surface area contributed by atoms with E-state index in [1.54, 1.807) is 38.4 Å². The van der Waals surface area contributed by atoms with Crippen molar-refractivity contribution in [1.82, 2.24) is 10.2 Å². The number of rotatable bonds is 14. The predicted octanol–water partition coefficient (Wildman–Crippen LogP) is 5.91. The van der Waals surface area contributed by atoms with Gasteiger partial charge in [0.1, 0.15) is 11.8 Å². The van der Waals surface area contributed by atoms with Crippen LogP contribution in [0, 0.1) is 0 Å². The van der Waals surface area contributed by atoms with E-state index in [2.05, 4.69) is 5.32 Å². The Hall–Kier alpha value is -4.49. The van der Waals surface area contributed by atoms with Crippen molar-refractivity contribution >= 4 is 23.4 Å². The van der Waals surface area contributed by atoms with Crippen LogP contribution < -0.4 is 19.5 Å². The van der Waals surface area contributed by atoms with Gasteiger partial charge in [0.15, 0.2) is 11.5 Å². The summed E-state index contributed by atoms with van der Waals surface area (Å²) >= 11 is 6.08. The minimum absolute atomic E-state index is 0.136. The van der Waals surface area contributed by atoms with E-state index in [0.717, 1.165) is 28.0 Å². The molecule has 43 heavy (non-hydrogen) atoms. The maximum absolute atomic E-state index is 13.9. The summed E-state index contributed by atoms with van der Waals surface area (Å²) in [5.74, 6) is 1.62. The summed E-state index contributed by atoms with van der Waals surface area (Å²) in [4.78, 5) is 29.5. The van der Waals surface area contributed by atoms with Crippen LogP contribution in [0.3, 0.4) is 0 Å². The largest absolute Gasteiger partial charge is 0.497 e. The lowest BCUT2D eigenvalue weighted by atomic mass is 10.0. The first-order chi connectivity index (χ1) is 20.9. The number of carbonyl (C=O) groups is 2. The Morgan fingerprint density at radius 2 is 1.40 bits per heavy atom. The summed E-state index contributed by atoms with van der Waals surface area (Å²) in [6, 6.07) is 29.4. The molecular weight excluding hydrogens is 564 g/mol. The minimum atomic E-state index is -0.741. The number of benzene rings is 4. The SMILES string of the molecule is COc1ccc(CN(C(=O)Cc2ccc(Cl)cc2)C(Cc2ccccc2)C(=O)NCCc2ccc(OC)c(OC)c2)cc1. The average Bonchev–Trinajstić information content (AvgIpc) is 3.04. The summed E-state index contributed by atoms with van der Waals surface area (Å²) in [5.41, 5.74) is 3.66. The molecule has 0 aliphatic carbocycles. The van der Waals surface area contributed by atoms with Crippen molar-refractivity contribution < 1.29 is 23.8 Å². The lowest BCUT2D eigenvalue weighted by molar-refractivity contribution is -0.140. The van der Waals surface area contributed by atoms with Crippen molar-refractivity contribution in [3.05, 3.63) is 124 Å². The van der Waals surface area contributed by atoms with Crippen LogP contribution in [0.5, 0.6) is 17.2 Å². The summed E-state index contributed by atoms with van der Waals surface area (Å²) in [6.07, 6.45) is 1.09. The van der Waals surface area contributed by atoms with Crippen LogP contribution in [-0.4, -0.2) is 50.6 Å². The lowest BCUT2D eigenvalue weighted by Crippen LogP contribution is -2.51. The quantitative estimate of drug-likeness (QED) is 0.195. The fourth-order valence-electron chi connectivity index (χ4n) is 4.84. The number of hydrogen-bond donors (Lipinski definition) is 1. The second kappa shape index (κ2) is 15.7. The molecule has 0 aromatic heterocycles. The molecule has 1 unspecified atom stereocenters. The molecule has 0 aliphatic rings. The van der Waals surface area contributed by atoms with Crippen molar-refractivity contribution in [2.45, 2.75) is 31.8 Å². The van der Waals surface area contributed by atoms with Crippen molar-refractivity contribution in [1.29, 1.82) is 0 Å². The number of hydrogen-bond acceptors (Lipinski definition) is 5. The van der Waals surface area contributed by atoms with E-state index in [1.807, 2.05) is 84.9 Å². The van der Waals surface area contributed by atoms with Crippen molar-refractivity contribution in [3.8, 4) is 17.2 Å². The van der Waals surface area contributed by atoms with Crippen LogP contribution in [0.1, 0.15) is 22.3 Å². The second-order valence-corrected chi connectivity index (χ2v) is 10.5. The fraction of sp³-hybridized carbons (Fsp3) is 0.257. The topological polar surface area (TPSA) is 77.1 Å². The molecule has 4 aromatic carbocycles. The first kappa shape index (κ1) is 31.4. The zero-order chi connectivity index (χ0) is 30.6. The number of halogens is 1. The van der Waals surface area contributed by atoms with Crippen LogP contribution >= 0.6 is 11.6 Å². The van der Waals surface area contributed by atoms with Gasteiger partial charge in [0, 0.05) is 24.5 Å². The molecule has 0 fully saturated rings. The lowest BCUT2D eigenvalue weighted by Gasteiger charge is -2.32. The van der Waals surface area contributed by atoms with Gasteiger partial charge in [-0.15, -0.1) is 0 Å². The van der Waals surface area contributed by atoms with E-state index in [-0.39, 0.29) is 24.8 Å². The maximum Gasteiger partial charge on any atom is 0.243 e. The average molecular weight is 601 g/mol. The van der Waals surface area contributed by atoms with Gasteiger partial charge in [-0.25, -0.2) is 0 Å². The number of nitrogens with one attached hydrogen (secondary N) is 1. The molecule has 7 nitrogen and oxygen atoms in total. The highest BCUT2D eigenvalue weighted by Crippen LogP contribution is 2.27. The van der Waals surface area contributed by atoms with Gasteiger partial charge in [0.05, 0.1) is 27.8 Å². The first-order valence-corrected chi connectivity index (χ1v) is 14.5. The summed E-state index contributed by atoms with van der Waals surface area (Å²) < 4.78 is 16.1. The molecule has 8 heteroatoms. The zero-order valence-electron chi connectivity index (χ0n) is 24.7. The molecule has 4 aromatic rings. The van der Waals surface area contributed by atoms with E-state index in [0.29, 0.717) is 35.9 Å². The third kappa shape index (κ3) is 9.00. The third-order valence-electron chi connectivity index (χ3n) is 7.21. The highest BCUT2D eigenvalue weighted by atomic mass is 35.5. The first-order valence-electron chi connectivity index (χ1n) is 14.1. The molecule has 0 heterocycles. The van der Waals surface area contributed by atoms with Crippen LogP contribution in [0.4, 0.5) is 0 Å². The van der Waals surface area contributed by atoms with Crippen LogP contribution in [0.25, 0.3) is 0 Å². The number of amides is 2. The van der Waals surface area contributed by atoms with Gasteiger partial charge < -0.3 is 24.4 Å². The number of nitrogens with zero attached hydrogens (tertiary/aromatic N) is 1. The predicted molar refractivity (Wildman–Crippen MR) is 169 cm³/mol. The van der Waals surface area contributed by atoms with Gasteiger partial charge in [-0.2, -0.15) is 0 Å². The Kier molecular flexibility index (Phi) is 11.5. The van der Waals surface area contributed by atoms with Crippen LogP contribution in [0.15, 0.2) is 97.1 Å². The van der Waals surface area contributed by atoms with Crippen molar-refractivity contribution in [2.24, 2.45) is 0 Å². The minimum Gasteiger partial charge on any atom is -0.497 e. The highest BCUT2D eigenvalue weighted by molar-refractivity contribution is 6.30. The fourth-order valence-corrected chi connectivity index (χ4v) is 4.97. The molecule has 0 spiro atoms. The molecule has 0 saturated heterocycles. The molecule has 4 rings (SSSR count). The molecular formula is C35H37ClN2O5. The Morgan fingerprint density at radius 3 is 2.05 bits per heavy atom. The molecule has 2 amide bonds. The third-order valence-corrected chi connectivity index (χ3v) is 7.46. The molecule has 0 aliphatic heterocycles. The maximum atomic E-state index is 13.9. The Balaban J connectivity index is 1.59. The number of ether oxygens (including phenoxy) is 3. The Bertz CT molecular complexity index is 1480. The smallest absolute Gasteiger partial charge is 0.243 e. The van der Waals surface area contributed by atoms with E-state index in [9.17, 15) is 9.59 Å². The molecule has 0 radical (unpaired) electrons. The Morgan fingerprint density at radius 1 is 0.744 bits per heavy atom. The highest BCUT2D eigenvalue weighted by Gasteiger charge is 2.30. The van der Waals surface area contributed by atoms with E-state index in [1.165, 1.54) is 0 Å². The van der Waals surface area contributed by atoms with Gasteiger partial charge in [-0.05, 0) is 65.1 Å². The molecule has 0 saturated carbocycles. The van der Waals surface area contributed by atoms with Gasteiger partial charge in [-0.1, -0.05) is 72.3 Å². The molecule has 1 atom stereocenters. The normalized spacial score (nSPS) is 11.3. The number of carbonyl (C=O) groups excluding carboxylic acids is 2. The standard InChI is InChI=1S/C35H37ClN2O5/c1-41-30-16-11-28(12-17-30)24-38(34(39)23-26-9-14-29(36)15-10-26)31(21-25-7-5-4-6-8-25)35(40)37-20-19-27-13-18-32(42-2)33(22-27)43-3/h4-18,22,31H,19-21,23-24H2,1-3H3,(H,37,40). The van der Waals surface area contributed by atoms with Gasteiger partial charge in [0.2, 0.25) is 11.8 Å². The summed E-state index contributed by atoms with van der Waals surface area (Å²) in [5, 5.41) is 3.69. The summed E-state index contributed by atoms with van der Waals surface area (Å²) in [6.45, 7) is 0.651. The molecule has 1 N–H and O–H groups in total. The van der Waals surface area contributed by atoms with Gasteiger partial charge in [-0.3, -0.25) is 9.59 Å². The van der Waals surface area contributed by atoms with Crippen molar-refractivity contribution in [2.75, 3.05) is 27.9 Å². The van der Waals surface area contributed by atoms with E-state index < -0.39 is 6.04 Å². The van der Waals surface area contributed by atoms with E-state index >= 15 is 0 Å². The van der Waals surface area contributed by atoms with Crippen LogP contribution in [0.2, 0.25) is 5.02 Å². The summed E-state index contributed by atoms with van der Waals surface area (Å²) in [7, 11) is 4.80. The van der Waals surface area contributed by atoms with Gasteiger partial charge in [0.25, 0.3) is 0 Å². The molecule has 224 valence electrons.